The number of carbonyl (C=O) groups excluding carboxylic acids is 3. The summed E-state index contributed by atoms with van der Waals surface area (Å²) < 4.78 is 33.8. The van der Waals surface area contributed by atoms with Crippen LogP contribution in [0.3, 0.4) is 0 Å². The van der Waals surface area contributed by atoms with Crippen LogP contribution in [0.4, 0.5) is 16.3 Å². The molecule has 1 aliphatic heterocycles. The van der Waals surface area contributed by atoms with Crippen LogP contribution in [0, 0.1) is 0 Å². The lowest BCUT2D eigenvalue weighted by Crippen LogP contribution is -2.46. The third-order valence-electron chi connectivity index (χ3n) is 6.16. The van der Waals surface area contributed by atoms with Crippen molar-refractivity contribution in [3.63, 3.8) is 0 Å². The minimum atomic E-state index is -4.64. The van der Waals surface area contributed by atoms with Crippen LogP contribution in [-0.4, -0.2) is 53.3 Å². The molecule has 1 saturated heterocycles. The highest BCUT2D eigenvalue weighted by Gasteiger charge is 2.35. The van der Waals surface area contributed by atoms with Crippen molar-refractivity contribution in [2.45, 2.75) is 52.2 Å². The van der Waals surface area contributed by atoms with Gasteiger partial charge in [0.25, 0.3) is 5.91 Å². The predicted octanol–water partition coefficient (Wildman–Crippen LogP) is 3.83. The van der Waals surface area contributed by atoms with Gasteiger partial charge >= 0.3 is 16.3 Å². The summed E-state index contributed by atoms with van der Waals surface area (Å²) in [5, 5.41) is 0. The van der Waals surface area contributed by atoms with Crippen LogP contribution in [0.15, 0.2) is 60.8 Å². The molecule has 1 unspecified atom stereocenters. The fourth-order valence-corrected chi connectivity index (χ4v) is 5.63. The van der Waals surface area contributed by atoms with Gasteiger partial charge in [-0.05, 0) is 51.3 Å². The Kier molecular flexibility index (Phi) is 8.29. The zero-order valence-electron chi connectivity index (χ0n) is 23.2. The summed E-state index contributed by atoms with van der Waals surface area (Å²) in [5.41, 5.74) is 6.72. The van der Waals surface area contributed by atoms with Crippen LogP contribution in [-0.2, 0) is 19.7 Å². The van der Waals surface area contributed by atoms with E-state index in [4.69, 9.17) is 10.5 Å². The smallest absolute Gasteiger partial charge is 0.410 e. The van der Waals surface area contributed by atoms with Gasteiger partial charge in [0.2, 0.25) is 5.91 Å². The molecule has 0 spiro atoms. The first-order chi connectivity index (χ1) is 19.3. The molecule has 4 rings (SSSR count). The number of carbonyl (C=O) groups is 3. The molecule has 41 heavy (non-hydrogen) atoms. The van der Waals surface area contributed by atoms with Gasteiger partial charge in [0.15, 0.2) is 11.5 Å². The summed E-state index contributed by atoms with van der Waals surface area (Å²) >= 11 is 0. The number of ether oxygens (including phenoxy) is 1. The van der Waals surface area contributed by atoms with Crippen molar-refractivity contribution in [1.29, 1.82) is 0 Å². The first-order valence-electron chi connectivity index (χ1n) is 12.9. The number of hydrogen-bond acceptors (Lipinski definition) is 9. The van der Waals surface area contributed by atoms with Gasteiger partial charge in [-0.15, -0.1) is 0 Å². The highest BCUT2D eigenvalue weighted by atomic mass is 32.2. The zero-order valence-corrected chi connectivity index (χ0v) is 24.0. The second-order valence-electron chi connectivity index (χ2n) is 10.5. The van der Waals surface area contributed by atoms with E-state index in [0.717, 1.165) is 25.3 Å². The molecule has 0 aliphatic carbocycles. The predicted molar refractivity (Wildman–Crippen MR) is 153 cm³/mol. The van der Waals surface area contributed by atoms with Gasteiger partial charge in [-0.3, -0.25) is 9.59 Å². The SMILES string of the molecule is CC(=O)NS(=O)(=O)N(C(=O)c1nc(-c2ccc(C3CCCN3C(=O)OC(C)(C)C)cc2)cnc1N)c1ccccc1. The van der Waals surface area contributed by atoms with Crippen molar-refractivity contribution in [3.05, 3.63) is 72.1 Å². The Bertz CT molecular complexity index is 1560. The van der Waals surface area contributed by atoms with Crippen molar-refractivity contribution >= 4 is 39.6 Å². The Morgan fingerprint density at radius 1 is 1.07 bits per heavy atom. The van der Waals surface area contributed by atoms with E-state index in [2.05, 4.69) is 9.97 Å². The normalized spacial score (nSPS) is 15.3. The molecule has 1 aliphatic rings. The van der Waals surface area contributed by atoms with Gasteiger partial charge < -0.3 is 15.4 Å². The van der Waals surface area contributed by atoms with Crippen molar-refractivity contribution < 1.29 is 27.5 Å². The zero-order chi connectivity index (χ0) is 29.9. The number of nitrogens with two attached hydrogens (primary N) is 1. The standard InChI is InChI=1S/C28H32N6O6S/c1-18(35)32-41(38,39)34(21-9-6-5-7-10-21)26(36)24-25(29)30-17-22(31-24)19-12-14-20(15-13-19)23-11-8-16-33(23)27(37)40-28(2,3)4/h5-7,9-10,12-15,17,23H,8,11,16H2,1-4H3,(H2,29,30)(H,32,35). The number of nitrogen functional groups attached to an aromatic ring is 1. The lowest BCUT2D eigenvalue weighted by molar-refractivity contribution is -0.117. The van der Waals surface area contributed by atoms with Crippen molar-refractivity contribution in [2.24, 2.45) is 0 Å². The van der Waals surface area contributed by atoms with E-state index in [9.17, 15) is 22.8 Å². The van der Waals surface area contributed by atoms with E-state index < -0.39 is 33.3 Å². The number of aromatic nitrogens is 2. The van der Waals surface area contributed by atoms with Crippen LogP contribution in [0.2, 0.25) is 0 Å². The van der Waals surface area contributed by atoms with Gasteiger partial charge in [0.05, 0.1) is 23.6 Å². The highest BCUT2D eigenvalue weighted by Crippen LogP contribution is 2.34. The van der Waals surface area contributed by atoms with Crippen LogP contribution >= 0.6 is 0 Å². The third-order valence-corrected chi connectivity index (χ3v) is 7.57. The van der Waals surface area contributed by atoms with Gasteiger partial charge in [-0.2, -0.15) is 12.7 Å². The van der Waals surface area contributed by atoms with Crippen molar-refractivity contribution in [1.82, 2.24) is 19.6 Å². The summed E-state index contributed by atoms with van der Waals surface area (Å²) in [6.07, 6.45) is 2.64. The average molecular weight is 581 g/mol. The molecular formula is C28H32N6O6S. The Hall–Kier alpha value is -4.52. The molecule has 12 nitrogen and oxygen atoms in total. The molecule has 2 heterocycles. The molecule has 1 fully saturated rings. The van der Waals surface area contributed by atoms with Gasteiger partial charge in [0.1, 0.15) is 5.60 Å². The maximum Gasteiger partial charge on any atom is 0.410 e. The number of para-hydroxylation sites is 1. The average Bonchev–Trinajstić information content (AvgIpc) is 3.38. The summed E-state index contributed by atoms with van der Waals surface area (Å²) in [6, 6.07) is 14.6. The molecule has 1 aromatic heterocycles. The largest absolute Gasteiger partial charge is 0.444 e. The van der Waals surface area contributed by atoms with E-state index in [1.165, 1.54) is 18.3 Å². The summed E-state index contributed by atoms with van der Waals surface area (Å²) in [5.74, 6) is -2.25. The number of nitrogens with one attached hydrogen (secondary N) is 1. The first-order valence-corrected chi connectivity index (χ1v) is 14.4. The van der Waals surface area contributed by atoms with Gasteiger partial charge in [-0.1, -0.05) is 42.5 Å². The third kappa shape index (κ3) is 6.80. The Labute approximate surface area is 238 Å². The highest BCUT2D eigenvalue weighted by molar-refractivity contribution is 7.92. The Balaban J connectivity index is 1.64. The maximum absolute atomic E-state index is 13.6. The van der Waals surface area contributed by atoms with Gasteiger partial charge in [0, 0.05) is 19.0 Å². The van der Waals surface area contributed by atoms with Crippen LogP contribution < -0.4 is 14.8 Å². The fraction of sp³-hybridized carbons (Fsp3) is 0.321. The van der Waals surface area contributed by atoms with Crippen molar-refractivity contribution in [3.8, 4) is 11.3 Å². The summed E-state index contributed by atoms with van der Waals surface area (Å²) in [4.78, 5) is 48.0. The quantitative estimate of drug-likeness (QED) is 0.441. The van der Waals surface area contributed by atoms with E-state index in [1.807, 2.05) is 32.9 Å². The molecule has 3 aromatic rings. The molecular weight excluding hydrogens is 548 g/mol. The monoisotopic (exact) mass is 580 g/mol. The van der Waals surface area contributed by atoms with E-state index >= 15 is 0 Å². The maximum atomic E-state index is 13.6. The first kappa shape index (κ1) is 29.5. The molecule has 1 atom stereocenters. The summed E-state index contributed by atoms with van der Waals surface area (Å²) in [6.45, 7) is 7.08. The fourth-order valence-electron chi connectivity index (χ4n) is 4.48. The second-order valence-corrected chi connectivity index (χ2v) is 12.0. The molecule has 2 aromatic carbocycles. The lowest BCUT2D eigenvalue weighted by Gasteiger charge is -2.29. The molecule has 0 radical (unpaired) electrons. The number of likely N-dealkylation sites (tertiary alicyclic amines) is 1. The molecule has 216 valence electrons. The minimum Gasteiger partial charge on any atom is -0.444 e. The van der Waals surface area contributed by atoms with Gasteiger partial charge in [-0.25, -0.2) is 19.5 Å². The summed E-state index contributed by atoms with van der Waals surface area (Å²) in [7, 11) is -4.64. The van der Waals surface area contributed by atoms with E-state index in [1.54, 1.807) is 40.0 Å². The number of rotatable bonds is 6. The number of benzene rings is 2. The topological polar surface area (TPSA) is 165 Å². The molecule has 3 N–H and O–H groups in total. The molecule has 0 saturated carbocycles. The molecule has 3 amide bonds. The minimum absolute atomic E-state index is 0.0201. The van der Waals surface area contributed by atoms with E-state index in [-0.39, 0.29) is 29.3 Å². The second kappa shape index (κ2) is 11.5. The molecule has 13 heteroatoms. The Morgan fingerprint density at radius 3 is 2.34 bits per heavy atom. The number of hydrogen-bond donors (Lipinski definition) is 2. The molecule has 0 bridgehead atoms. The van der Waals surface area contributed by atoms with Crippen LogP contribution in [0.1, 0.15) is 62.6 Å². The van der Waals surface area contributed by atoms with Crippen molar-refractivity contribution in [2.75, 3.05) is 16.6 Å². The lowest BCUT2D eigenvalue weighted by atomic mass is 10.0. The Morgan fingerprint density at radius 2 is 1.73 bits per heavy atom. The number of nitrogens with zero attached hydrogens (tertiary/aromatic N) is 4. The number of amides is 3. The van der Waals surface area contributed by atoms with E-state index in [0.29, 0.717) is 16.4 Å². The van der Waals surface area contributed by atoms with Crippen LogP contribution in [0.25, 0.3) is 11.3 Å². The van der Waals surface area contributed by atoms with Crippen LogP contribution in [0.5, 0.6) is 0 Å². The number of anilines is 2.